The predicted molar refractivity (Wildman–Crippen MR) is 106 cm³/mol. The van der Waals surface area contributed by atoms with Crippen LogP contribution in [-0.4, -0.2) is 32.0 Å². The standard InChI is InChI=1S/C19H29N3O3Si/c1-19(2,3)26(5,6)24-12-11-14-17(18(20)22-13-21-14)25-16-10-8-7-9-15(16)23-4/h7-10,13H,11-12H2,1-6H3,(H2,20,21,22). The van der Waals surface area contributed by atoms with Gasteiger partial charge in [0.2, 0.25) is 0 Å². The van der Waals surface area contributed by atoms with Crippen LogP contribution in [-0.2, 0) is 10.8 Å². The quantitative estimate of drug-likeness (QED) is 0.722. The topological polar surface area (TPSA) is 79.5 Å². The highest BCUT2D eigenvalue weighted by molar-refractivity contribution is 6.74. The summed E-state index contributed by atoms with van der Waals surface area (Å²) in [5.74, 6) is 1.95. The number of benzene rings is 1. The highest BCUT2D eigenvalue weighted by Crippen LogP contribution is 2.37. The summed E-state index contributed by atoms with van der Waals surface area (Å²) in [5.41, 5.74) is 6.76. The molecule has 0 atom stereocenters. The lowest BCUT2D eigenvalue weighted by Crippen LogP contribution is -2.41. The van der Waals surface area contributed by atoms with Crippen LogP contribution in [0, 0.1) is 0 Å². The molecule has 0 spiro atoms. The first-order valence-electron chi connectivity index (χ1n) is 8.70. The molecule has 1 aromatic carbocycles. The second-order valence-electron chi connectivity index (χ2n) is 7.65. The van der Waals surface area contributed by atoms with Gasteiger partial charge in [-0.2, -0.15) is 0 Å². The third-order valence-electron chi connectivity index (χ3n) is 4.79. The molecule has 0 amide bonds. The van der Waals surface area contributed by atoms with Gasteiger partial charge in [-0.25, -0.2) is 9.97 Å². The molecule has 142 valence electrons. The molecule has 0 aliphatic carbocycles. The van der Waals surface area contributed by atoms with E-state index in [1.807, 2.05) is 24.3 Å². The fourth-order valence-electron chi connectivity index (χ4n) is 2.15. The molecule has 0 radical (unpaired) electrons. The molecule has 1 heterocycles. The van der Waals surface area contributed by atoms with E-state index in [1.54, 1.807) is 7.11 Å². The molecule has 0 saturated carbocycles. The Hall–Kier alpha value is -2.12. The highest BCUT2D eigenvalue weighted by Gasteiger charge is 2.37. The first kappa shape index (κ1) is 20.2. The number of para-hydroxylation sites is 2. The smallest absolute Gasteiger partial charge is 0.191 e. The Morgan fingerprint density at radius 2 is 1.73 bits per heavy atom. The molecular weight excluding hydrogens is 346 g/mol. The maximum atomic E-state index is 6.25. The summed E-state index contributed by atoms with van der Waals surface area (Å²) < 4.78 is 17.6. The van der Waals surface area contributed by atoms with Crippen molar-refractivity contribution in [2.45, 2.75) is 45.3 Å². The third-order valence-corrected chi connectivity index (χ3v) is 9.33. The molecule has 2 aromatic rings. The van der Waals surface area contributed by atoms with E-state index in [0.717, 1.165) is 5.69 Å². The second-order valence-corrected chi connectivity index (χ2v) is 12.5. The molecule has 1 aromatic heterocycles. The number of rotatable bonds is 7. The van der Waals surface area contributed by atoms with Crippen molar-refractivity contribution in [3.63, 3.8) is 0 Å². The molecule has 0 aliphatic heterocycles. The Labute approximate surface area is 156 Å². The van der Waals surface area contributed by atoms with Crippen LogP contribution in [0.4, 0.5) is 5.82 Å². The molecule has 6 nitrogen and oxygen atoms in total. The Balaban J connectivity index is 2.17. The summed E-state index contributed by atoms with van der Waals surface area (Å²) in [4.78, 5) is 8.41. The Bertz CT molecular complexity index is 745. The van der Waals surface area contributed by atoms with Crippen LogP contribution in [0.5, 0.6) is 17.2 Å². The highest BCUT2D eigenvalue weighted by atomic mass is 28.4. The van der Waals surface area contributed by atoms with E-state index in [0.29, 0.717) is 36.1 Å². The van der Waals surface area contributed by atoms with E-state index in [-0.39, 0.29) is 5.04 Å². The number of nitrogens with zero attached hydrogens (tertiary/aromatic N) is 2. The van der Waals surface area contributed by atoms with Crippen molar-refractivity contribution in [1.29, 1.82) is 0 Å². The van der Waals surface area contributed by atoms with Crippen LogP contribution in [0.25, 0.3) is 0 Å². The van der Waals surface area contributed by atoms with E-state index in [1.165, 1.54) is 6.33 Å². The van der Waals surface area contributed by atoms with Crippen LogP contribution < -0.4 is 15.2 Å². The van der Waals surface area contributed by atoms with Gasteiger partial charge in [0.1, 0.15) is 6.33 Å². The lowest BCUT2D eigenvalue weighted by molar-refractivity contribution is 0.288. The van der Waals surface area contributed by atoms with Gasteiger partial charge in [0.25, 0.3) is 0 Å². The molecule has 0 aliphatic rings. The van der Waals surface area contributed by atoms with Crippen molar-refractivity contribution in [3.05, 3.63) is 36.3 Å². The van der Waals surface area contributed by atoms with Crippen LogP contribution in [0.1, 0.15) is 26.5 Å². The van der Waals surface area contributed by atoms with E-state index in [2.05, 4.69) is 43.8 Å². The van der Waals surface area contributed by atoms with E-state index >= 15 is 0 Å². The number of nitrogens with two attached hydrogens (primary N) is 1. The zero-order valence-corrected chi connectivity index (χ0v) is 17.5. The van der Waals surface area contributed by atoms with Gasteiger partial charge >= 0.3 is 0 Å². The lowest BCUT2D eigenvalue weighted by Gasteiger charge is -2.36. The van der Waals surface area contributed by atoms with Gasteiger partial charge < -0.3 is 19.6 Å². The summed E-state index contributed by atoms with van der Waals surface area (Å²) in [6.45, 7) is 11.7. The number of nitrogen functional groups attached to an aromatic ring is 1. The molecular formula is C19H29N3O3Si. The van der Waals surface area contributed by atoms with Gasteiger partial charge in [-0.3, -0.25) is 0 Å². The molecule has 0 fully saturated rings. The van der Waals surface area contributed by atoms with Gasteiger partial charge in [-0.15, -0.1) is 0 Å². The number of anilines is 1. The summed E-state index contributed by atoms with van der Waals surface area (Å²) in [5, 5.41) is 0.161. The zero-order chi connectivity index (χ0) is 19.4. The maximum Gasteiger partial charge on any atom is 0.191 e. The van der Waals surface area contributed by atoms with E-state index in [9.17, 15) is 0 Å². The van der Waals surface area contributed by atoms with Crippen LogP contribution in [0.2, 0.25) is 18.1 Å². The summed E-state index contributed by atoms with van der Waals surface area (Å²) in [6.07, 6.45) is 2.05. The first-order chi connectivity index (χ1) is 12.2. The maximum absolute atomic E-state index is 6.25. The van der Waals surface area contributed by atoms with Gasteiger partial charge in [0.05, 0.1) is 12.8 Å². The average molecular weight is 376 g/mol. The average Bonchev–Trinajstić information content (AvgIpc) is 2.57. The Kier molecular flexibility index (Phi) is 6.25. The van der Waals surface area contributed by atoms with Gasteiger partial charge in [0.15, 0.2) is 31.4 Å². The van der Waals surface area contributed by atoms with Crippen molar-refractivity contribution in [2.24, 2.45) is 0 Å². The van der Waals surface area contributed by atoms with Crippen LogP contribution in [0.15, 0.2) is 30.6 Å². The molecule has 2 N–H and O–H groups in total. The summed E-state index contributed by atoms with van der Waals surface area (Å²) in [7, 11) is -0.216. The van der Waals surface area contributed by atoms with Crippen molar-refractivity contribution in [3.8, 4) is 17.2 Å². The number of methoxy groups -OCH3 is 1. The van der Waals surface area contributed by atoms with E-state index < -0.39 is 8.32 Å². The van der Waals surface area contributed by atoms with Crippen molar-refractivity contribution in [1.82, 2.24) is 9.97 Å². The molecule has 7 heteroatoms. The second kappa shape index (κ2) is 8.05. The van der Waals surface area contributed by atoms with Crippen molar-refractivity contribution >= 4 is 14.1 Å². The van der Waals surface area contributed by atoms with Gasteiger partial charge in [-0.05, 0) is 30.3 Å². The minimum absolute atomic E-state index is 0.161. The zero-order valence-electron chi connectivity index (χ0n) is 16.5. The minimum atomic E-state index is -1.81. The number of aromatic nitrogens is 2. The normalized spacial score (nSPS) is 12.1. The van der Waals surface area contributed by atoms with E-state index in [4.69, 9.17) is 19.6 Å². The fourth-order valence-corrected chi connectivity index (χ4v) is 3.19. The Morgan fingerprint density at radius 1 is 1.08 bits per heavy atom. The molecule has 0 bridgehead atoms. The number of hydrogen-bond acceptors (Lipinski definition) is 6. The third kappa shape index (κ3) is 4.73. The summed E-state index contributed by atoms with van der Waals surface area (Å²) in [6, 6.07) is 7.40. The van der Waals surface area contributed by atoms with Crippen molar-refractivity contribution in [2.75, 3.05) is 19.5 Å². The van der Waals surface area contributed by atoms with Crippen LogP contribution in [0.3, 0.4) is 0 Å². The number of ether oxygens (including phenoxy) is 2. The predicted octanol–water partition coefficient (Wildman–Crippen LogP) is 4.42. The molecule has 0 saturated heterocycles. The van der Waals surface area contributed by atoms with Crippen LogP contribution >= 0.6 is 0 Å². The molecule has 0 unspecified atom stereocenters. The van der Waals surface area contributed by atoms with Gasteiger partial charge in [0, 0.05) is 13.0 Å². The lowest BCUT2D eigenvalue weighted by atomic mass is 10.2. The minimum Gasteiger partial charge on any atom is -0.493 e. The largest absolute Gasteiger partial charge is 0.493 e. The fraction of sp³-hybridized carbons (Fsp3) is 0.474. The van der Waals surface area contributed by atoms with Crippen molar-refractivity contribution < 1.29 is 13.9 Å². The Morgan fingerprint density at radius 3 is 2.35 bits per heavy atom. The SMILES string of the molecule is COc1ccccc1Oc1c(N)ncnc1CCO[Si](C)(C)C(C)(C)C. The first-order valence-corrected chi connectivity index (χ1v) is 11.6. The molecule has 2 rings (SSSR count). The monoisotopic (exact) mass is 375 g/mol. The summed E-state index contributed by atoms with van der Waals surface area (Å²) >= 11 is 0. The number of hydrogen-bond donors (Lipinski definition) is 1. The molecule has 26 heavy (non-hydrogen) atoms. The van der Waals surface area contributed by atoms with Gasteiger partial charge in [-0.1, -0.05) is 32.9 Å².